The van der Waals surface area contributed by atoms with E-state index in [0.29, 0.717) is 41.4 Å². The van der Waals surface area contributed by atoms with Gasteiger partial charge < -0.3 is 5.32 Å². The number of benzene rings is 2. The summed E-state index contributed by atoms with van der Waals surface area (Å²) in [5.74, 6) is -0.162. The monoisotopic (exact) mass is 494 g/mol. The van der Waals surface area contributed by atoms with Gasteiger partial charge in [-0.25, -0.2) is 8.42 Å². The molecule has 0 unspecified atom stereocenters. The van der Waals surface area contributed by atoms with E-state index in [2.05, 4.69) is 11.9 Å². The Balaban J connectivity index is 1.81. The lowest BCUT2D eigenvalue weighted by molar-refractivity contribution is -0.125. The second-order valence-corrected chi connectivity index (χ2v) is 11.1. The molecule has 0 aliphatic carbocycles. The fourth-order valence-corrected chi connectivity index (χ4v) is 6.04. The Bertz CT molecular complexity index is 1120. The standard InChI is InChI=1S/C24H28Cl2N2O3S/c1-16(2)14-22(24(29)27-12-10-18-8-9-20(25)21(26)15-18)28-13-11-17(3)19-6-4-5-7-23(19)32(28,30)31/h4-9,15-16,22H,3,10-14H2,1-2H3,(H,27,29)/t22-/m0/s1. The highest BCUT2D eigenvalue weighted by Crippen LogP contribution is 2.33. The Morgan fingerprint density at radius 1 is 1.16 bits per heavy atom. The molecule has 32 heavy (non-hydrogen) atoms. The van der Waals surface area contributed by atoms with Gasteiger partial charge in [-0.1, -0.05) is 67.9 Å². The van der Waals surface area contributed by atoms with Gasteiger partial charge in [0.25, 0.3) is 0 Å². The van der Waals surface area contributed by atoms with Gasteiger partial charge in [-0.2, -0.15) is 4.31 Å². The topological polar surface area (TPSA) is 66.5 Å². The van der Waals surface area contributed by atoms with E-state index in [4.69, 9.17) is 23.2 Å². The van der Waals surface area contributed by atoms with Crippen LogP contribution in [0.25, 0.3) is 5.57 Å². The van der Waals surface area contributed by atoms with Gasteiger partial charge in [0, 0.05) is 13.1 Å². The van der Waals surface area contributed by atoms with Crippen LogP contribution in [0.1, 0.15) is 37.8 Å². The molecule has 0 fully saturated rings. The SMILES string of the molecule is C=C1CCN([C@@H](CC(C)C)C(=O)NCCc2ccc(Cl)c(Cl)c2)S(=O)(=O)c2ccccc21. The maximum atomic E-state index is 13.5. The molecule has 1 heterocycles. The summed E-state index contributed by atoms with van der Waals surface area (Å²) in [5, 5.41) is 3.86. The molecule has 1 atom stereocenters. The number of fused-ring (bicyclic) bond motifs is 1. The number of carbonyl (C=O) groups is 1. The Kier molecular flexibility index (Phi) is 8.04. The van der Waals surface area contributed by atoms with Crippen LogP contribution in [0.5, 0.6) is 0 Å². The molecule has 1 aliphatic rings. The van der Waals surface area contributed by atoms with Crippen LogP contribution in [-0.4, -0.2) is 37.8 Å². The minimum atomic E-state index is -3.85. The van der Waals surface area contributed by atoms with Gasteiger partial charge in [-0.3, -0.25) is 4.79 Å². The first-order valence-corrected chi connectivity index (χ1v) is 12.8. The first-order valence-electron chi connectivity index (χ1n) is 10.6. The lowest BCUT2D eigenvalue weighted by Crippen LogP contribution is -2.50. The normalized spacial score (nSPS) is 17.0. The summed E-state index contributed by atoms with van der Waals surface area (Å²) in [6.07, 6.45) is 1.46. The first-order chi connectivity index (χ1) is 15.1. The third-order valence-corrected chi connectivity index (χ3v) is 8.24. The third kappa shape index (κ3) is 5.54. The van der Waals surface area contributed by atoms with Crippen molar-refractivity contribution in [2.24, 2.45) is 5.92 Å². The van der Waals surface area contributed by atoms with E-state index in [9.17, 15) is 13.2 Å². The van der Waals surface area contributed by atoms with Gasteiger partial charge in [0.05, 0.1) is 14.9 Å². The molecule has 0 aromatic heterocycles. The van der Waals surface area contributed by atoms with E-state index < -0.39 is 16.1 Å². The molecule has 8 heteroatoms. The molecule has 2 aromatic rings. The van der Waals surface area contributed by atoms with Gasteiger partial charge in [0.15, 0.2) is 0 Å². The first kappa shape index (κ1) is 24.8. The smallest absolute Gasteiger partial charge is 0.244 e. The molecule has 0 bridgehead atoms. The molecule has 2 aromatic carbocycles. The molecule has 0 spiro atoms. The van der Waals surface area contributed by atoms with Crippen LogP contribution in [0, 0.1) is 5.92 Å². The molecule has 3 rings (SSSR count). The second-order valence-electron chi connectivity index (χ2n) is 8.40. The zero-order valence-corrected chi connectivity index (χ0v) is 20.6. The molecular formula is C24H28Cl2N2O3S. The molecule has 0 saturated carbocycles. The number of rotatable bonds is 7. The number of amides is 1. The third-order valence-electron chi connectivity index (χ3n) is 5.53. The molecule has 5 nitrogen and oxygen atoms in total. The van der Waals surface area contributed by atoms with Crippen LogP contribution in [0.2, 0.25) is 10.0 Å². The van der Waals surface area contributed by atoms with E-state index in [0.717, 1.165) is 11.1 Å². The summed E-state index contributed by atoms with van der Waals surface area (Å²) in [6, 6.07) is 11.4. The van der Waals surface area contributed by atoms with Crippen molar-refractivity contribution in [2.45, 2.75) is 44.0 Å². The van der Waals surface area contributed by atoms with Gasteiger partial charge in [0.2, 0.25) is 15.9 Å². The van der Waals surface area contributed by atoms with Crippen LogP contribution in [0.4, 0.5) is 0 Å². The highest BCUT2D eigenvalue weighted by molar-refractivity contribution is 7.89. The van der Waals surface area contributed by atoms with Crippen molar-refractivity contribution >= 4 is 44.7 Å². The Morgan fingerprint density at radius 3 is 2.56 bits per heavy atom. The Labute approximate surface area is 200 Å². The van der Waals surface area contributed by atoms with Crippen molar-refractivity contribution in [3.8, 4) is 0 Å². The number of carbonyl (C=O) groups excluding carboxylic acids is 1. The van der Waals surface area contributed by atoms with Crippen molar-refractivity contribution in [1.29, 1.82) is 0 Å². The van der Waals surface area contributed by atoms with Crippen molar-refractivity contribution in [3.63, 3.8) is 0 Å². The lowest BCUT2D eigenvalue weighted by Gasteiger charge is -2.30. The highest BCUT2D eigenvalue weighted by atomic mass is 35.5. The zero-order valence-electron chi connectivity index (χ0n) is 18.3. The Morgan fingerprint density at radius 2 is 1.88 bits per heavy atom. The van der Waals surface area contributed by atoms with E-state index in [1.807, 2.05) is 19.9 Å². The van der Waals surface area contributed by atoms with Gasteiger partial charge in [0.1, 0.15) is 6.04 Å². The van der Waals surface area contributed by atoms with E-state index in [1.54, 1.807) is 36.4 Å². The van der Waals surface area contributed by atoms with Crippen molar-refractivity contribution in [2.75, 3.05) is 13.1 Å². The summed E-state index contributed by atoms with van der Waals surface area (Å²) in [5.41, 5.74) is 2.32. The fourth-order valence-electron chi connectivity index (χ4n) is 3.88. The van der Waals surface area contributed by atoms with Crippen LogP contribution in [0.3, 0.4) is 0 Å². The quantitative estimate of drug-likeness (QED) is 0.576. The van der Waals surface area contributed by atoms with Gasteiger partial charge >= 0.3 is 0 Å². The van der Waals surface area contributed by atoms with E-state index >= 15 is 0 Å². The average molecular weight is 495 g/mol. The van der Waals surface area contributed by atoms with E-state index in [1.165, 1.54) is 4.31 Å². The molecule has 1 aliphatic heterocycles. The summed E-state index contributed by atoms with van der Waals surface area (Å²) >= 11 is 12.0. The van der Waals surface area contributed by atoms with Gasteiger partial charge in [-0.15, -0.1) is 0 Å². The van der Waals surface area contributed by atoms with Crippen LogP contribution >= 0.6 is 23.2 Å². The Hall–Kier alpha value is -1.86. The predicted octanol–water partition coefficient (Wildman–Crippen LogP) is 5.17. The highest BCUT2D eigenvalue weighted by Gasteiger charge is 2.39. The van der Waals surface area contributed by atoms with Crippen molar-refractivity contribution < 1.29 is 13.2 Å². The molecule has 0 radical (unpaired) electrons. The number of nitrogens with zero attached hydrogens (tertiary/aromatic N) is 1. The maximum Gasteiger partial charge on any atom is 0.244 e. The molecule has 1 amide bonds. The molecular weight excluding hydrogens is 467 g/mol. The van der Waals surface area contributed by atoms with Crippen LogP contribution < -0.4 is 5.32 Å². The molecule has 172 valence electrons. The van der Waals surface area contributed by atoms with Crippen molar-refractivity contribution in [3.05, 3.63) is 70.2 Å². The van der Waals surface area contributed by atoms with Crippen LogP contribution in [-0.2, 0) is 21.2 Å². The number of halogens is 2. The van der Waals surface area contributed by atoms with Crippen LogP contribution in [0.15, 0.2) is 53.9 Å². The van der Waals surface area contributed by atoms with Gasteiger partial charge in [-0.05, 0) is 60.1 Å². The summed E-state index contributed by atoms with van der Waals surface area (Å²) < 4.78 is 28.4. The number of sulfonamides is 1. The molecule has 0 saturated heterocycles. The largest absolute Gasteiger partial charge is 0.354 e. The summed E-state index contributed by atoms with van der Waals surface area (Å²) in [4.78, 5) is 13.4. The molecule has 1 N–H and O–H groups in total. The predicted molar refractivity (Wildman–Crippen MR) is 130 cm³/mol. The summed E-state index contributed by atoms with van der Waals surface area (Å²) in [6.45, 7) is 8.60. The lowest BCUT2D eigenvalue weighted by atomic mass is 10.0. The number of nitrogens with one attached hydrogen (secondary N) is 1. The van der Waals surface area contributed by atoms with Crippen molar-refractivity contribution in [1.82, 2.24) is 9.62 Å². The second kappa shape index (κ2) is 10.4. The minimum absolute atomic E-state index is 0.137. The zero-order chi connectivity index (χ0) is 23.5. The van der Waals surface area contributed by atoms with E-state index in [-0.39, 0.29) is 23.3 Å². The number of hydrogen-bond donors (Lipinski definition) is 1. The number of hydrogen-bond acceptors (Lipinski definition) is 3. The fraction of sp³-hybridized carbons (Fsp3) is 0.375. The maximum absolute atomic E-state index is 13.5. The summed E-state index contributed by atoms with van der Waals surface area (Å²) in [7, 11) is -3.85. The minimum Gasteiger partial charge on any atom is -0.354 e. The average Bonchev–Trinajstić information content (AvgIpc) is 2.83.